The molecule has 0 radical (unpaired) electrons. The Kier molecular flexibility index (Phi) is 2.57. The number of hydrogen-bond acceptors (Lipinski definition) is 4. The van der Waals surface area contributed by atoms with Crippen molar-refractivity contribution < 1.29 is 12.8 Å². The van der Waals surface area contributed by atoms with Crippen molar-refractivity contribution in [2.75, 3.05) is 4.72 Å². The van der Waals surface area contributed by atoms with Gasteiger partial charge in [-0.3, -0.25) is 9.82 Å². The van der Waals surface area contributed by atoms with Gasteiger partial charge in [0, 0.05) is 6.20 Å². The summed E-state index contributed by atoms with van der Waals surface area (Å²) in [4.78, 5) is 3.56. The van der Waals surface area contributed by atoms with E-state index in [0.29, 0.717) is 0 Å². The molecule has 16 heavy (non-hydrogen) atoms. The van der Waals surface area contributed by atoms with E-state index in [4.69, 9.17) is 0 Å². The van der Waals surface area contributed by atoms with Crippen molar-refractivity contribution in [3.05, 3.63) is 36.5 Å². The van der Waals surface area contributed by atoms with E-state index in [1.807, 2.05) is 0 Å². The number of hydrogen-bond donors (Lipinski definition) is 2. The molecule has 2 aromatic rings. The first-order chi connectivity index (χ1) is 7.58. The van der Waals surface area contributed by atoms with Crippen LogP contribution in [0.3, 0.4) is 0 Å². The van der Waals surface area contributed by atoms with Gasteiger partial charge in [0.1, 0.15) is 16.5 Å². The molecular formula is C8H7FN4O2S. The number of aromatic amines is 1. The predicted molar refractivity (Wildman–Crippen MR) is 53.6 cm³/mol. The summed E-state index contributed by atoms with van der Waals surface area (Å²) in [6, 6.07) is 2.34. The molecule has 0 fully saturated rings. The fraction of sp³-hybridized carbons (Fsp3) is 0. The molecule has 2 N–H and O–H groups in total. The average molecular weight is 242 g/mol. The number of nitrogens with one attached hydrogen (secondary N) is 2. The predicted octanol–water partition coefficient (Wildman–Crippen LogP) is 0.745. The van der Waals surface area contributed by atoms with Gasteiger partial charge >= 0.3 is 0 Å². The van der Waals surface area contributed by atoms with Gasteiger partial charge in [-0.1, -0.05) is 0 Å². The zero-order chi connectivity index (χ0) is 11.6. The van der Waals surface area contributed by atoms with Crippen LogP contribution in [0.2, 0.25) is 0 Å². The maximum Gasteiger partial charge on any atom is 0.266 e. The highest BCUT2D eigenvalue weighted by molar-refractivity contribution is 7.92. The average Bonchev–Trinajstić information content (AvgIpc) is 2.75. The Bertz CT molecular complexity index is 565. The van der Waals surface area contributed by atoms with E-state index in [2.05, 4.69) is 19.9 Å². The molecule has 0 amide bonds. The second-order valence-electron chi connectivity index (χ2n) is 2.90. The normalized spacial score (nSPS) is 11.3. The van der Waals surface area contributed by atoms with E-state index in [0.717, 1.165) is 18.5 Å². The summed E-state index contributed by atoms with van der Waals surface area (Å²) in [5, 5.41) is 5.90. The van der Waals surface area contributed by atoms with E-state index in [9.17, 15) is 12.8 Å². The van der Waals surface area contributed by atoms with Gasteiger partial charge in [-0.2, -0.15) is 5.10 Å². The minimum Gasteiger partial charge on any atom is -0.284 e. The van der Waals surface area contributed by atoms with E-state index in [-0.39, 0.29) is 10.7 Å². The quantitative estimate of drug-likeness (QED) is 0.831. The van der Waals surface area contributed by atoms with Crippen LogP contribution in [0.1, 0.15) is 0 Å². The number of aromatic nitrogens is 3. The van der Waals surface area contributed by atoms with E-state index in [1.54, 1.807) is 0 Å². The first-order valence-electron chi connectivity index (χ1n) is 4.21. The van der Waals surface area contributed by atoms with Gasteiger partial charge in [-0.15, -0.1) is 0 Å². The SMILES string of the molecule is O=S(=O)(Nc1ccc(F)cn1)c1cn[nH]c1. The zero-order valence-electron chi connectivity index (χ0n) is 7.88. The summed E-state index contributed by atoms with van der Waals surface area (Å²) in [5.74, 6) is -0.492. The van der Waals surface area contributed by atoms with Crippen LogP contribution in [-0.4, -0.2) is 23.6 Å². The number of rotatable bonds is 3. The van der Waals surface area contributed by atoms with Crippen molar-refractivity contribution in [1.82, 2.24) is 15.2 Å². The van der Waals surface area contributed by atoms with Gasteiger partial charge in [0.2, 0.25) is 0 Å². The lowest BCUT2D eigenvalue weighted by Gasteiger charge is -2.04. The maximum atomic E-state index is 12.5. The number of sulfonamides is 1. The summed E-state index contributed by atoms with van der Waals surface area (Å²) in [5.41, 5.74) is 0. The molecule has 0 unspecified atom stereocenters. The smallest absolute Gasteiger partial charge is 0.266 e. The lowest BCUT2D eigenvalue weighted by Crippen LogP contribution is -2.13. The van der Waals surface area contributed by atoms with Crippen LogP contribution in [0.25, 0.3) is 0 Å². The first kappa shape index (κ1) is 10.6. The topological polar surface area (TPSA) is 87.7 Å². The minimum absolute atomic E-state index is 0.0152. The summed E-state index contributed by atoms with van der Waals surface area (Å²) in [6.07, 6.45) is 3.31. The molecule has 0 aliphatic rings. The molecule has 0 saturated heterocycles. The number of H-pyrrole nitrogens is 1. The van der Waals surface area contributed by atoms with Crippen molar-refractivity contribution in [2.24, 2.45) is 0 Å². The Labute approximate surface area is 90.6 Å². The van der Waals surface area contributed by atoms with Gasteiger partial charge in [-0.05, 0) is 12.1 Å². The van der Waals surface area contributed by atoms with Crippen LogP contribution in [0.5, 0.6) is 0 Å². The van der Waals surface area contributed by atoms with Crippen LogP contribution in [0.4, 0.5) is 10.2 Å². The van der Waals surface area contributed by atoms with Crippen LogP contribution in [-0.2, 0) is 10.0 Å². The standard InChI is InChI=1S/C8H7FN4O2S/c9-6-1-2-8(10-3-6)13-16(14,15)7-4-11-12-5-7/h1-5H,(H,10,13)(H,11,12). The number of pyridine rings is 1. The Hall–Kier alpha value is -1.96. The van der Waals surface area contributed by atoms with Gasteiger partial charge in [0.15, 0.2) is 0 Å². The lowest BCUT2D eigenvalue weighted by molar-refractivity contribution is 0.600. The molecule has 6 nitrogen and oxygen atoms in total. The Morgan fingerprint density at radius 2 is 2.12 bits per heavy atom. The molecule has 84 valence electrons. The van der Waals surface area contributed by atoms with E-state index >= 15 is 0 Å². The third-order valence-corrected chi connectivity index (χ3v) is 3.07. The second kappa shape index (κ2) is 3.89. The molecule has 2 aromatic heterocycles. The summed E-state index contributed by atoms with van der Waals surface area (Å²) >= 11 is 0. The molecule has 0 spiro atoms. The number of anilines is 1. The largest absolute Gasteiger partial charge is 0.284 e. The van der Waals surface area contributed by atoms with Crippen molar-refractivity contribution in [2.45, 2.75) is 4.90 Å². The summed E-state index contributed by atoms with van der Waals surface area (Å²) in [6.45, 7) is 0. The fourth-order valence-corrected chi connectivity index (χ4v) is 1.93. The van der Waals surface area contributed by atoms with Crippen molar-refractivity contribution in [1.29, 1.82) is 0 Å². The van der Waals surface area contributed by atoms with Crippen molar-refractivity contribution in [3.8, 4) is 0 Å². The highest BCUT2D eigenvalue weighted by Crippen LogP contribution is 2.12. The van der Waals surface area contributed by atoms with Crippen molar-refractivity contribution in [3.63, 3.8) is 0 Å². The molecule has 0 aromatic carbocycles. The third kappa shape index (κ3) is 2.16. The van der Waals surface area contributed by atoms with E-state index < -0.39 is 15.8 Å². The van der Waals surface area contributed by atoms with Crippen LogP contribution in [0, 0.1) is 5.82 Å². The van der Waals surface area contributed by atoms with Gasteiger partial charge in [0.25, 0.3) is 10.0 Å². The van der Waals surface area contributed by atoms with Crippen LogP contribution < -0.4 is 4.72 Å². The fourth-order valence-electron chi connectivity index (χ4n) is 1.02. The molecule has 8 heteroatoms. The zero-order valence-corrected chi connectivity index (χ0v) is 8.70. The number of nitrogens with zero attached hydrogens (tertiary/aromatic N) is 2. The lowest BCUT2D eigenvalue weighted by atomic mass is 10.5. The van der Waals surface area contributed by atoms with Crippen LogP contribution in [0.15, 0.2) is 35.6 Å². The van der Waals surface area contributed by atoms with Gasteiger partial charge in [0.05, 0.1) is 12.4 Å². The highest BCUT2D eigenvalue weighted by Gasteiger charge is 2.15. The summed E-state index contributed by atoms with van der Waals surface area (Å²) in [7, 11) is -3.71. The molecule has 2 rings (SSSR count). The molecule has 0 aliphatic carbocycles. The minimum atomic E-state index is -3.71. The maximum absolute atomic E-state index is 12.5. The third-order valence-electron chi connectivity index (χ3n) is 1.75. The molecule has 0 aliphatic heterocycles. The second-order valence-corrected chi connectivity index (χ2v) is 4.58. The first-order valence-corrected chi connectivity index (χ1v) is 5.69. The Balaban J connectivity index is 2.25. The molecule has 0 atom stereocenters. The molecule has 2 heterocycles. The highest BCUT2D eigenvalue weighted by atomic mass is 32.2. The van der Waals surface area contributed by atoms with Gasteiger partial charge in [-0.25, -0.2) is 17.8 Å². The monoisotopic (exact) mass is 242 g/mol. The van der Waals surface area contributed by atoms with Gasteiger partial charge < -0.3 is 0 Å². The Morgan fingerprint density at radius 1 is 1.31 bits per heavy atom. The molecule has 0 saturated carbocycles. The summed E-state index contributed by atoms with van der Waals surface area (Å²) < 4.78 is 38.0. The van der Waals surface area contributed by atoms with Crippen molar-refractivity contribution >= 4 is 15.8 Å². The molecule has 0 bridgehead atoms. The number of halogens is 1. The van der Waals surface area contributed by atoms with E-state index in [1.165, 1.54) is 12.3 Å². The molecular weight excluding hydrogens is 235 g/mol. The van der Waals surface area contributed by atoms with Crippen LogP contribution >= 0.6 is 0 Å². The Morgan fingerprint density at radius 3 is 2.69 bits per heavy atom.